The molecule has 1 fully saturated rings. The second-order valence-electron chi connectivity index (χ2n) is 5.16. The quantitative estimate of drug-likeness (QED) is 0.905. The molecule has 0 atom stereocenters. The SMILES string of the molecule is COC1CCN(Cc2ccc(C(=O)O)cc2C)CC1. The highest BCUT2D eigenvalue weighted by atomic mass is 16.5. The van der Waals surface area contributed by atoms with Gasteiger partial charge in [0, 0.05) is 26.7 Å². The molecule has 1 saturated heterocycles. The Kier molecular flexibility index (Phi) is 4.56. The number of ether oxygens (including phenoxy) is 1. The molecule has 0 amide bonds. The zero-order valence-electron chi connectivity index (χ0n) is 11.6. The number of rotatable bonds is 4. The van der Waals surface area contributed by atoms with Gasteiger partial charge in [-0.1, -0.05) is 6.07 Å². The van der Waals surface area contributed by atoms with Crippen LogP contribution in [0.25, 0.3) is 0 Å². The van der Waals surface area contributed by atoms with E-state index in [1.54, 1.807) is 19.2 Å². The second kappa shape index (κ2) is 6.17. The topological polar surface area (TPSA) is 49.8 Å². The molecule has 104 valence electrons. The fraction of sp³-hybridized carbons (Fsp3) is 0.533. The Balaban J connectivity index is 1.98. The summed E-state index contributed by atoms with van der Waals surface area (Å²) in [6.45, 7) is 4.95. The van der Waals surface area contributed by atoms with E-state index in [1.165, 1.54) is 5.56 Å². The van der Waals surface area contributed by atoms with Crippen molar-refractivity contribution in [3.63, 3.8) is 0 Å². The van der Waals surface area contributed by atoms with E-state index in [0.717, 1.165) is 38.0 Å². The number of nitrogens with zero attached hydrogens (tertiary/aromatic N) is 1. The Hall–Kier alpha value is -1.39. The maximum absolute atomic E-state index is 10.9. The number of likely N-dealkylation sites (tertiary alicyclic amines) is 1. The first kappa shape index (κ1) is 14.0. The van der Waals surface area contributed by atoms with Gasteiger partial charge in [0.1, 0.15) is 0 Å². The molecule has 1 heterocycles. The van der Waals surface area contributed by atoms with E-state index in [0.29, 0.717) is 11.7 Å². The predicted molar refractivity (Wildman–Crippen MR) is 73.4 cm³/mol. The molecule has 0 spiro atoms. The van der Waals surface area contributed by atoms with Gasteiger partial charge in [0.15, 0.2) is 0 Å². The summed E-state index contributed by atoms with van der Waals surface area (Å²) in [5, 5.41) is 8.95. The summed E-state index contributed by atoms with van der Waals surface area (Å²) in [4.78, 5) is 13.3. The van der Waals surface area contributed by atoms with Gasteiger partial charge in [-0.25, -0.2) is 4.79 Å². The van der Waals surface area contributed by atoms with E-state index in [-0.39, 0.29) is 0 Å². The van der Waals surface area contributed by atoms with Crippen LogP contribution < -0.4 is 0 Å². The van der Waals surface area contributed by atoms with Crippen LogP contribution in [0.1, 0.15) is 34.3 Å². The third-order valence-electron chi connectivity index (χ3n) is 3.85. The Bertz CT molecular complexity index is 451. The van der Waals surface area contributed by atoms with Crippen molar-refractivity contribution >= 4 is 5.97 Å². The molecule has 1 aromatic carbocycles. The minimum Gasteiger partial charge on any atom is -0.478 e. The molecule has 0 saturated carbocycles. The van der Waals surface area contributed by atoms with Gasteiger partial charge in [-0.3, -0.25) is 4.90 Å². The first-order valence-corrected chi connectivity index (χ1v) is 6.68. The molecule has 1 N–H and O–H groups in total. The lowest BCUT2D eigenvalue weighted by Crippen LogP contribution is -2.36. The van der Waals surface area contributed by atoms with Crippen LogP contribution in [-0.4, -0.2) is 42.3 Å². The highest BCUT2D eigenvalue weighted by Gasteiger charge is 2.19. The number of carboxylic acids is 1. The summed E-state index contributed by atoms with van der Waals surface area (Å²) in [6, 6.07) is 5.37. The first-order chi connectivity index (χ1) is 9.10. The highest BCUT2D eigenvalue weighted by molar-refractivity contribution is 5.87. The lowest BCUT2D eigenvalue weighted by Gasteiger charge is -2.31. The van der Waals surface area contributed by atoms with Crippen molar-refractivity contribution in [3.8, 4) is 0 Å². The van der Waals surface area contributed by atoms with Crippen LogP contribution in [0.2, 0.25) is 0 Å². The molecule has 0 radical (unpaired) electrons. The molecule has 1 aliphatic heterocycles. The van der Waals surface area contributed by atoms with Crippen molar-refractivity contribution in [3.05, 3.63) is 34.9 Å². The van der Waals surface area contributed by atoms with Crippen LogP contribution in [0.3, 0.4) is 0 Å². The van der Waals surface area contributed by atoms with E-state index >= 15 is 0 Å². The number of methoxy groups -OCH3 is 1. The van der Waals surface area contributed by atoms with Crippen molar-refractivity contribution in [2.45, 2.75) is 32.4 Å². The van der Waals surface area contributed by atoms with Crippen LogP contribution in [0, 0.1) is 6.92 Å². The molecule has 0 bridgehead atoms. The largest absolute Gasteiger partial charge is 0.478 e. The number of carboxylic acid groups (broad SMARTS) is 1. The van der Waals surface area contributed by atoms with Gasteiger partial charge in [0.2, 0.25) is 0 Å². The average molecular weight is 263 g/mol. The van der Waals surface area contributed by atoms with Crippen LogP contribution in [0.4, 0.5) is 0 Å². The van der Waals surface area contributed by atoms with Crippen molar-refractivity contribution in [1.82, 2.24) is 4.90 Å². The minimum atomic E-state index is -0.865. The standard InChI is InChI=1S/C15H21NO3/c1-11-9-12(15(17)18)3-4-13(11)10-16-7-5-14(19-2)6-8-16/h3-4,9,14H,5-8,10H2,1-2H3,(H,17,18). The number of benzene rings is 1. The summed E-state index contributed by atoms with van der Waals surface area (Å²) < 4.78 is 5.36. The lowest BCUT2D eigenvalue weighted by atomic mass is 10.0. The van der Waals surface area contributed by atoms with Gasteiger partial charge >= 0.3 is 5.97 Å². The fourth-order valence-corrected chi connectivity index (χ4v) is 2.55. The zero-order valence-corrected chi connectivity index (χ0v) is 11.6. The molecule has 4 heteroatoms. The van der Waals surface area contributed by atoms with Crippen molar-refractivity contribution in [1.29, 1.82) is 0 Å². The summed E-state index contributed by atoms with van der Waals surface area (Å²) in [5.74, 6) is -0.865. The van der Waals surface area contributed by atoms with E-state index in [4.69, 9.17) is 9.84 Å². The second-order valence-corrected chi connectivity index (χ2v) is 5.16. The third kappa shape index (κ3) is 3.55. The number of aryl methyl sites for hydroxylation is 1. The van der Waals surface area contributed by atoms with Crippen LogP contribution >= 0.6 is 0 Å². The van der Waals surface area contributed by atoms with Crippen LogP contribution in [-0.2, 0) is 11.3 Å². The van der Waals surface area contributed by atoms with E-state index in [1.807, 2.05) is 13.0 Å². The smallest absolute Gasteiger partial charge is 0.335 e. The number of aromatic carboxylic acids is 1. The highest BCUT2D eigenvalue weighted by Crippen LogP contribution is 2.18. The molecule has 4 nitrogen and oxygen atoms in total. The fourth-order valence-electron chi connectivity index (χ4n) is 2.55. The zero-order chi connectivity index (χ0) is 13.8. The normalized spacial score (nSPS) is 17.6. The Labute approximate surface area is 114 Å². The van der Waals surface area contributed by atoms with Crippen LogP contribution in [0.15, 0.2) is 18.2 Å². The molecule has 0 aliphatic carbocycles. The minimum absolute atomic E-state index is 0.361. The summed E-state index contributed by atoms with van der Waals surface area (Å²) >= 11 is 0. The molecule has 1 aromatic rings. The average Bonchev–Trinajstić information content (AvgIpc) is 2.41. The maximum Gasteiger partial charge on any atom is 0.335 e. The van der Waals surface area contributed by atoms with E-state index < -0.39 is 5.97 Å². The Morgan fingerprint density at radius 1 is 1.42 bits per heavy atom. The molecule has 2 rings (SSSR count). The Morgan fingerprint density at radius 3 is 2.63 bits per heavy atom. The van der Waals surface area contributed by atoms with E-state index in [2.05, 4.69) is 4.90 Å². The van der Waals surface area contributed by atoms with Gasteiger partial charge in [-0.15, -0.1) is 0 Å². The third-order valence-corrected chi connectivity index (χ3v) is 3.85. The number of piperidine rings is 1. The van der Waals surface area contributed by atoms with Gasteiger partial charge in [-0.05, 0) is 43.0 Å². The van der Waals surface area contributed by atoms with Gasteiger partial charge in [0.05, 0.1) is 11.7 Å². The van der Waals surface area contributed by atoms with Crippen molar-refractivity contribution in [2.24, 2.45) is 0 Å². The van der Waals surface area contributed by atoms with E-state index in [9.17, 15) is 4.79 Å². The molecular weight excluding hydrogens is 242 g/mol. The number of carbonyl (C=O) groups is 1. The predicted octanol–water partition coefficient (Wildman–Crippen LogP) is 2.30. The lowest BCUT2D eigenvalue weighted by molar-refractivity contribution is 0.0388. The molecule has 0 aromatic heterocycles. The molecule has 1 aliphatic rings. The number of hydrogen-bond donors (Lipinski definition) is 1. The van der Waals surface area contributed by atoms with Gasteiger partial charge in [0.25, 0.3) is 0 Å². The summed E-state index contributed by atoms with van der Waals surface area (Å²) in [7, 11) is 1.77. The molecule has 0 unspecified atom stereocenters. The monoisotopic (exact) mass is 263 g/mol. The van der Waals surface area contributed by atoms with Crippen molar-refractivity contribution < 1.29 is 14.6 Å². The molecule has 19 heavy (non-hydrogen) atoms. The first-order valence-electron chi connectivity index (χ1n) is 6.68. The van der Waals surface area contributed by atoms with Gasteiger partial charge in [-0.2, -0.15) is 0 Å². The number of hydrogen-bond acceptors (Lipinski definition) is 3. The summed E-state index contributed by atoms with van der Waals surface area (Å²) in [5.41, 5.74) is 2.62. The van der Waals surface area contributed by atoms with Crippen molar-refractivity contribution in [2.75, 3.05) is 20.2 Å². The van der Waals surface area contributed by atoms with Gasteiger partial charge < -0.3 is 9.84 Å². The van der Waals surface area contributed by atoms with Crippen LogP contribution in [0.5, 0.6) is 0 Å². The summed E-state index contributed by atoms with van der Waals surface area (Å²) in [6.07, 6.45) is 2.54. The molecular formula is C15H21NO3. The Morgan fingerprint density at radius 2 is 2.11 bits per heavy atom. The maximum atomic E-state index is 10.9.